The minimum Gasteiger partial charge on any atom is -0.380 e. The van der Waals surface area contributed by atoms with Crippen LogP contribution in [0, 0.1) is 0 Å². The zero-order chi connectivity index (χ0) is 12.5. The molecule has 1 atom stereocenters. The fraction of sp³-hybridized carbons (Fsp3) is 0.429. The lowest BCUT2D eigenvalue weighted by atomic mass is 10.1. The van der Waals surface area contributed by atoms with Gasteiger partial charge in [0.05, 0.1) is 13.2 Å². The molecule has 1 unspecified atom stereocenters. The van der Waals surface area contributed by atoms with Gasteiger partial charge in [0.25, 0.3) is 0 Å². The molecule has 0 aliphatic rings. The normalized spacial score (nSPS) is 12.4. The van der Waals surface area contributed by atoms with Crippen LogP contribution in [0.25, 0.3) is 0 Å². The summed E-state index contributed by atoms with van der Waals surface area (Å²) in [6.07, 6.45) is 2.79. The van der Waals surface area contributed by atoms with Crippen molar-refractivity contribution in [2.75, 3.05) is 19.8 Å². The van der Waals surface area contributed by atoms with Crippen molar-refractivity contribution in [3.8, 4) is 0 Å². The number of ether oxygens (including phenoxy) is 1. The molecule has 0 saturated heterocycles. The van der Waals surface area contributed by atoms with Gasteiger partial charge in [0.2, 0.25) is 0 Å². The van der Waals surface area contributed by atoms with E-state index in [4.69, 9.17) is 4.74 Å². The summed E-state index contributed by atoms with van der Waals surface area (Å²) in [5.41, 5.74) is 1.28. The number of nitrogens with one attached hydrogen (secondary N) is 1. The largest absolute Gasteiger partial charge is 0.380 e. The number of benzene rings is 1. The van der Waals surface area contributed by atoms with E-state index >= 15 is 0 Å². The molecule has 17 heavy (non-hydrogen) atoms. The molecule has 0 heterocycles. The lowest BCUT2D eigenvalue weighted by Gasteiger charge is -2.15. The Hall–Kier alpha value is -0.640. The van der Waals surface area contributed by atoms with E-state index in [0.29, 0.717) is 6.04 Å². The first-order chi connectivity index (χ1) is 8.25. The van der Waals surface area contributed by atoms with Gasteiger partial charge in [-0.1, -0.05) is 40.2 Å². The molecule has 94 valence electrons. The van der Waals surface area contributed by atoms with Crippen molar-refractivity contribution < 1.29 is 4.74 Å². The first kappa shape index (κ1) is 14.4. The summed E-state index contributed by atoms with van der Waals surface area (Å²) in [5, 5.41) is 3.44. The molecular weight excluding hydrogens is 278 g/mol. The number of rotatable bonds is 8. The van der Waals surface area contributed by atoms with Crippen molar-refractivity contribution in [1.29, 1.82) is 0 Å². The Kier molecular flexibility index (Phi) is 7.17. The van der Waals surface area contributed by atoms with Gasteiger partial charge < -0.3 is 10.1 Å². The Morgan fingerprint density at radius 3 is 2.88 bits per heavy atom. The van der Waals surface area contributed by atoms with Crippen LogP contribution in [-0.4, -0.2) is 19.8 Å². The van der Waals surface area contributed by atoms with Crippen LogP contribution in [0.5, 0.6) is 0 Å². The Morgan fingerprint density at radius 2 is 2.18 bits per heavy atom. The second-order valence-electron chi connectivity index (χ2n) is 3.89. The van der Waals surface area contributed by atoms with E-state index in [9.17, 15) is 0 Å². The van der Waals surface area contributed by atoms with Crippen molar-refractivity contribution in [3.05, 3.63) is 47.0 Å². The first-order valence-corrected chi connectivity index (χ1v) is 6.71. The average Bonchev–Trinajstić information content (AvgIpc) is 2.34. The van der Waals surface area contributed by atoms with Crippen LogP contribution in [0.2, 0.25) is 0 Å². The van der Waals surface area contributed by atoms with E-state index in [1.807, 2.05) is 12.1 Å². The summed E-state index contributed by atoms with van der Waals surface area (Å²) >= 11 is 3.56. The number of hydrogen-bond acceptors (Lipinski definition) is 2. The van der Waals surface area contributed by atoms with Crippen molar-refractivity contribution in [1.82, 2.24) is 5.32 Å². The molecule has 3 heteroatoms. The molecule has 0 radical (unpaired) electrons. The quantitative estimate of drug-likeness (QED) is 0.584. The number of halogens is 1. The standard InChI is InChI=1S/C14H20BrNO/c1-3-4-10-17-11-9-16-12(2)13-7-5-6-8-14(13)15/h3,5-8,12,16H,1,4,9-11H2,2H3. The second-order valence-corrected chi connectivity index (χ2v) is 4.74. The van der Waals surface area contributed by atoms with Crippen molar-refractivity contribution in [2.24, 2.45) is 0 Å². The Bertz CT molecular complexity index is 341. The van der Waals surface area contributed by atoms with E-state index in [2.05, 4.69) is 52.9 Å². The van der Waals surface area contributed by atoms with Gasteiger partial charge >= 0.3 is 0 Å². The van der Waals surface area contributed by atoms with Gasteiger partial charge in [-0.2, -0.15) is 0 Å². The van der Waals surface area contributed by atoms with E-state index in [1.54, 1.807) is 0 Å². The highest BCUT2D eigenvalue weighted by Crippen LogP contribution is 2.22. The minimum absolute atomic E-state index is 0.327. The molecular formula is C14H20BrNO. The lowest BCUT2D eigenvalue weighted by Crippen LogP contribution is -2.23. The van der Waals surface area contributed by atoms with E-state index in [0.717, 1.165) is 30.7 Å². The SMILES string of the molecule is C=CCCOCCNC(C)c1ccccc1Br. The van der Waals surface area contributed by atoms with Crippen LogP contribution in [0.1, 0.15) is 24.9 Å². The molecule has 2 nitrogen and oxygen atoms in total. The topological polar surface area (TPSA) is 21.3 Å². The van der Waals surface area contributed by atoms with Crippen molar-refractivity contribution >= 4 is 15.9 Å². The highest BCUT2D eigenvalue weighted by atomic mass is 79.9. The predicted molar refractivity (Wildman–Crippen MR) is 76.2 cm³/mol. The Morgan fingerprint density at radius 1 is 1.41 bits per heavy atom. The third kappa shape index (κ3) is 5.48. The maximum atomic E-state index is 5.45. The molecule has 0 bridgehead atoms. The zero-order valence-corrected chi connectivity index (χ0v) is 11.9. The van der Waals surface area contributed by atoms with Gasteiger partial charge in [0, 0.05) is 17.1 Å². The highest BCUT2D eigenvalue weighted by Gasteiger charge is 2.06. The van der Waals surface area contributed by atoms with Crippen LogP contribution in [0.4, 0.5) is 0 Å². The van der Waals surface area contributed by atoms with E-state index < -0.39 is 0 Å². The van der Waals surface area contributed by atoms with Gasteiger partial charge in [-0.05, 0) is 25.0 Å². The maximum Gasteiger partial charge on any atom is 0.0591 e. The van der Waals surface area contributed by atoms with Gasteiger partial charge in [0.15, 0.2) is 0 Å². The Balaban J connectivity index is 2.23. The van der Waals surface area contributed by atoms with Gasteiger partial charge in [-0.25, -0.2) is 0 Å². The molecule has 0 saturated carbocycles. The molecule has 1 rings (SSSR count). The molecule has 0 fully saturated rings. The fourth-order valence-corrected chi connectivity index (χ4v) is 2.18. The van der Waals surface area contributed by atoms with Crippen LogP contribution < -0.4 is 5.32 Å². The lowest BCUT2D eigenvalue weighted by molar-refractivity contribution is 0.138. The summed E-state index contributed by atoms with van der Waals surface area (Å²) in [4.78, 5) is 0. The molecule has 0 aliphatic carbocycles. The van der Waals surface area contributed by atoms with E-state index in [-0.39, 0.29) is 0 Å². The van der Waals surface area contributed by atoms with Crippen LogP contribution in [0.15, 0.2) is 41.4 Å². The summed E-state index contributed by atoms with van der Waals surface area (Å²) in [7, 11) is 0. The molecule has 1 N–H and O–H groups in total. The molecule has 1 aromatic carbocycles. The highest BCUT2D eigenvalue weighted by molar-refractivity contribution is 9.10. The first-order valence-electron chi connectivity index (χ1n) is 5.92. The number of hydrogen-bond donors (Lipinski definition) is 1. The summed E-state index contributed by atoms with van der Waals surface area (Å²) in [6.45, 7) is 8.17. The predicted octanol–water partition coefficient (Wildman–Crippen LogP) is 3.69. The minimum atomic E-state index is 0.327. The van der Waals surface area contributed by atoms with Crippen molar-refractivity contribution in [3.63, 3.8) is 0 Å². The average molecular weight is 298 g/mol. The van der Waals surface area contributed by atoms with Crippen molar-refractivity contribution in [2.45, 2.75) is 19.4 Å². The molecule has 0 spiro atoms. The summed E-state index contributed by atoms with van der Waals surface area (Å²) in [5.74, 6) is 0. The second kappa shape index (κ2) is 8.45. The molecule has 1 aromatic rings. The Labute approximate surface area is 112 Å². The van der Waals surface area contributed by atoms with E-state index in [1.165, 1.54) is 5.56 Å². The van der Waals surface area contributed by atoms with Gasteiger partial charge in [-0.3, -0.25) is 0 Å². The summed E-state index contributed by atoms with van der Waals surface area (Å²) < 4.78 is 6.59. The smallest absolute Gasteiger partial charge is 0.0591 e. The fourth-order valence-electron chi connectivity index (χ4n) is 1.55. The molecule has 0 amide bonds. The van der Waals surface area contributed by atoms with Gasteiger partial charge in [0.1, 0.15) is 0 Å². The summed E-state index contributed by atoms with van der Waals surface area (Å²) in [6, 6.07) is 8.60. The third-order valence-corrected chi connectivity index (χ3v) is 3.26. The molecule has 0 aromatic heterocycles. The van der Waals surface area contributed by atoms with Crippen LogP contribution in [-0.2, 0) is 4.74 Å². The third-order valence-electron chi connectivity index (χ3n) is 2.53. The monoisotopic (exact) mass is 297 g/mol. The maximum absolute atomic E-state index is 5.45. The van der Waals surface area contributed by atoms with Crippen LogP contribution in [0.3, 0.4) is 0 Å². The zero-order valence-electron chi connectivity index (χ0n) is 10.3. The molecule has 0 aliphatic heterocycles. The van der Waals surface area contributed by atoms with Gasteiger partial charge in [-0.15, -0.1) is 6.58 Å². The van der Waals surface area contributed by atoms with Crippen LogP contribution >= 0.6 is 15.9 Å².